The number of carbonyl (C=O) groups is 2. The first-order valence-corrected chi connectivity index (χ1v) is 10.6. The Morgan fingerprint density at radius 3 is 2.16 bits per heavy atom. The number of nitrogens with one attached hydrogen (secondary N) is 1. The van der Waals surface area contributed by atoms with Gasteiger partial charge in [-0.15, -0.1) is 0 Å². The van der Waals surface area contributed by atoms with Crippen molar-refractivity contribution in [1.29, 1.82) is 0 Å². The molecule has 0 aromatic carbocycles. The van der Waals surface area contributed by atoms with Gasteiger partial charge in [-0.25, -0.2) is 4.79 Å². The van der Waals surface area contributed by atoms with Gasteiger partial charge in [0.25, 0.3) is 0 Å². The van der Waals surface area contributed by atoms with Gasteiger partial charge in [-0.2, -0.15) is 0 Å². The maximum absolute atomic E-state index is 12.8. The van der Waals surface area contributed by atoms with E-state index in [1.54, 1.807) is 0 Å². The van der Waals surface area contributed by atoms with Gasteiger partial charge < -0.3 is 10.1 Å². The van der Waals surface area contributed by atoms with Crippen LogP contribution in [0.5, 0.6) is 0 Å². The molecule has 4 rings (SSSR count). The Morgan fingerprint density at radius 2 is 1.56 bits per heavy atom. The molecular weight excluding hydrogens is 314 g/mol. The van der Waals surface area contributed by atoms with Crippen molar-refractivity contribution in [3.8, 4) is 0 Å². The zero-order chi connectivity index (χ0) is 17.5. The second-order valence-electron chi connectivity index (χ2n) is 9.23. The van der Waals surface area contributed by atoms with E-state index in [1.807, 2.05) is 6.92 Å². The van der Waals surface area contributed by atoms with Crippen molar-refractivity contribution in [1.82, 2.24) is 5.32 Å². The van der Waals surface area contributed by atoms with E-state index in [4.69, 9.17) is 4.74 Å². The summed E-state index contributed by atoms with van der Waals surface area (Å²) in [6.07, 6.45) is 15.8. The van der Waals surface area contributed by atoms with Crippen molar-refractivity contribution >= 4 is 11.9 Å². The lowest BCUT2D eigenvalue weighted by atomic mass is 9.65. The SMILES string of the molecule is CC12NC(=O)[C@H](CC3CCCCC3)[C@]1(CCC1CCCCC1)OC2=O. The highest BCUT2D eigenvalue weighted by atomic mass is 16.6. The molecule has 3 atom stereocenters. The molecule has 1 unspecified atom stereocenters. The third kappa shape index (κ3) is 2.80. The first-order valence-electron chi connectivity index (χ1n) is 10.6. The van der Waals surface area contributed by atoms with E-state index in [0.29, 0.717) is 5.92 Å². The predicted molar refractivity (Wildman–Crippen MR) is 95.9 cm³/mol. The lowest BCUT2D eigenvalue weighted by molar-refractivity contribution is -0.225. The molecule has 25 heavy (non-hydrogen) atoms. The lowest BCUT2D eigenvalue weighted by Gasteiger charge is -2.52. The number of ether oxygens (including phenoxy) is 1. The van der Waals surface area contributed by atoms with Crippen LogP contribution in [-0.4, -0.2) is 23.0 Å². The van der Waals surface area contributed by atoms with Gasteiger partial charge in [0.2, 0.25) is 5.91 Å². The molecule has 0 aromatic rings. The zero-order valence-corrected chi connectivity index (χ0v) is 15.6. The normalized spacial score (nSPS) is 39.5. The van der Waals surface area contributed by atoms with E-state index >= 15 is 0 Å². The first kappa shape index (κ1) is 17.4. The van der Waals surface area contributed by atoms with Crippen LogP contribution < -0.4 is 5.32 Å². The van der Waals surface area contributed by atoms with E-state index in [9.17, 15) is 9.59 Å². The molecule has 4 heteroatoms. The maximum atomic E-state index is 12.8. The monoisotopic (exact) mass is 347 g/mol. The van der Waals surface area contributed by atoms with E-state index in [-0.39, 0.29) is 17.8 Å². The van der Waals surface area contributed by atoms with Crippen LogP contribution in [-0.2, 0) is 14.3 Å². The summed E-state index contributed by atoms with van der Waals surface area (Å²) in [7, 11) is 0. The van der Waals surface area contributed by atoms with E-state index < -0.39 is 11.1 Å². The molecule has 2 heterocycles. The van der Waals surface area contributed by atoms with Gasteiger partial charge in [-0.05, 0) is 38.0 Å². The highest BCUT2D eigenvalue weighted by molar-refractivity contribution is 6.00. The molecular formula is C21H33NO3. The van der Waals surface area contributed by atoms with Crippen molar-refractivity contribution in [3.05, 3.63) is 0 Å². The molecule has 2 aliphatic heterocycles. The largest absolute Gasteiger partial charge is 0.453 e. The summed E-state index contributed by atoms with van der Waals surface area (Å²) in [5.41, 5.74) is -1.35. The molecule has 1 amide bonds. The number of esters is 1. The Labute approximate surface area is 151 Å². The minimum Gasteiger partial charge on any atom is -0.453 e. The average molecular weight is 347 g/mol. The molecule has 0 aromatic heterocycles. The zero-order valence-electron chi connectivity index (χ0n) is 15.6. The first-order chi connectivity index (χ1) is 12.1. The molecule has 0 spiro atoms. The minimum absolute atomic E-state index is 0.0579. The number of fused-ring (bicyclic) bond motifs is 1. The second-order valence-corrected chi connectivity index (χ2v) is 9.23. The highest BCUT2D eigenvalue weighted by Crippen LogP contribution is 2.54. The van der Waals surface area contributed by atoms with Gasteiger partial charge in [0.15, 0.2) is 11.1 Å². The van der Waals surface area contributed by atoms with Crippen LogP contribution in [0.1, 0.15) is 90.4 Å². The van der Waals surface area contributed by atoms with Gasteiger partial charge in [0.05, 0.1) is 5.92 Å². The van der Waals surface area contributed by atoms with Crippen LogP contribution in [0.3, 0.4) is 0 Å². The second kappa shape index (κ2) is 6.59. The molecule has 4 fully saturated rings. The molecule has 4 nitrogen and oxygen atoms in total. The molecule has 2 saturated heterocycles. The maximum Gasteiger partial charge on any atom is 0.336 e. The van der Waals surface area contributed by atoms with Crippen LogP contribution in [0.4, 0.5) is 0 Å². The van der Waals surface area contributed by atoms with E-state index in [1.165, 1.54) is 64.2 Å². The van der Waals surface area contributed by atoms with Gasteiger partial charge in [0.1, 0.15) is 0 Å². The van der Waals surface area contributed by atoms with Gasteiger partial charge in [-0.3, -0.25) is 4.79 Å². The number of rotatable bonds is 5. The fourth-order valence-electron chi connectivity index (χ4n) is 6.04. The van der Waals surface area contributed by atoms with Crippen molar-refractivity contribution in [2.75, 3.05) is 0 Å². The van der Waals surface area contributed by atoms with Crippen LogP contribution in [0.25, 0.3) is 0 Å². The summed E-state index contributed by atoms with van der Waals surface area (Å²) in [6, 6.07) is 0. The Hall–Kier alpha value is -1.06. The van der Waals surface area contributed by atoms with Gasteiger partial charge in [0, 0.05) is 0 Å². The average Bonchev–Trinajstić information content (AvgIpc) is 2.80. The smallest absolute Gasteiger partial charge is 0.336 e. The Morgan fingerprint density at radius 1 is 0.960 bits per heavy atom. The number of hydrogen-bond donors (Lipinski definition) is 1. The van der Waals surface area contributed by atoms with Crippen LogP contribution >= 0.6 is 0 Å². The van der Waals surface area contributed by atoms with E-state index in [0.717, 1.165) is 25.2 Å². The van der Waals surface area contributed by atoms with Gasteiger partial charge in [-0.1, -0.05) is 64.2 Å². The van der Waals surface area contributed by atoms with Crippen LogP contribution in [0.2, 0.25) is 0 Å². The Balaban J connectivity index is 1.49. The van der Waals surface area contributed by atoms with Crippen LogP contribution in [0.15, 0.2) is 0 Å². The van der Waals surface area contributed by atoms with Crippen molar-refractivity contribution in [2.45, 2.75) is 102 Å². The number of carbonyl (C=O) groups excluding carboxylic acids is 2. The predicted octanol–water partition coefficient (Wildman–Crippen LogP) is 4.12. The molecule has 2 aliphatic carbocycles. The standard InChI is InChI=1S/C21H33NO3/c1-20-19(24)25-21(20,13-12-15-8-4-2-5-9-15)17(18(23)22-20)14-16-10-6-3-7-11-16/h15-17H,2-14H2,1H3,(H,22,23)/t17-,20?,21-/m0/s1. The fourth-order valence-corrected chi connectivity index (χ4v) is 6.04. The Kier molecular flexibility index (Phi) is 4.57. The summed E-state index contributed by atoms with van der Waals surface area (Å²) in [5.74, 6) is 1.07. The Bertz CT molecular complexity index is 535. The molecule has 0 radical (unpaired) electrons. The van der Waals surface area contributed by atoms with Crippen molar-refractivity contribution in [2.24, 2.45) is 17.8 Å². The third-order valence-corrected chi connectivity index (χ3v) is 7.72. The van der Waals surface area contributed by atoms with Crippen molar-refractivity contribution in [3.63, 3.8) is 0 Å². The third-order valence-electron chi connectivity index (χ3n) is 7.72. The minimum atomic E-state index is -0.780. The fraction of sp³-hybridized carbons (Fsp3) is 0.905. The molecule has 4 aliphatic rings. The quantitative estimate of drug-likeness (QED) is 0.761. The molecule has 2 saturated carbocycles. The summed E-state index contributed by atoms with van der Waals surface area (Å²) in [6.45, 7) is 1.90. The summed E-state index contributed by atoms with van der Waals surface area (Å²) >= 11 is 0. The van der Waals surface area contributed by atoms with Gasteiger partial charge >= 0.3 is 5.97 Å². The topological polar surface area (TPSA) is 55.4 Å². The summed E-state index contributed by atoms with van der Waals surface area (Å²) in [4.78, 5) is 25.0. The summed E-state index contributed by atoms with van der Waals surface area (Å²) in [5, 5.41) is 3.03. The summed E-state index contributed by atoms with van der Waals surface area (Å²) < 4.78 is 5.85. The molecule has 1 N–H and O–H groups in total. The van der Waals surface area contributed by atoms with E-state index in [2.05, 4.69) is 5.32 Å². The van der Waals surface area contributed by atoms with Crippen LogP contribution in [0, 0.1) is 17.8 Å². The molecule has 0 bridgehead atoms. The molecule has 140 valence electrons. The lowest BCUT2D eigenvalue weighted by Crippen LogP contribution is -2.73. The number of hydrogen-bond acceptors (Lipinski definition) is 3. The van der Waals surface area contributed by atoms with Crippen molar-refractivity contribution < 1.29 is 14.3 Å². The number of amides is 1. The highest BCUT2D eigenvalue weighted by Gasteiger charge is 2.75.